The highest BCUT2D eigenvalue weighted by Gasteiger charge is 2.44. The second-order valence-electron chi connectivity index (χ2n) is 9.99. The summed E-state index contributed by atoms with van der Waals surface area (Å²) in [5.41, 5.74) is 4.82. The summed E-state index contributed by atoms with van der Waals surface area (Å²) < 4.78 is 84.7. The van der Waals surface area contributed by atoms with Crippen LogP contribution >= 0.6 is 0 Å². The van der Waals surface area contributed by atoms with Crippen LogP contribution < -0.4 is 15.2 Å². The van der Waals surface area contributed by atoms with Crippen molar-refractivity contribution in [3.8, 4) is 17.2 Å². The molecule has 3 atom stereocenters. The number of hydrogen-bond donors (Lipinski definition) is 2. The number of hydrogen-bond acceptors (Lipinski definition) is 10. The fourth-order valence-corrected chi connectivity index (χ4v) is 5.47. The first-order chi connectivity index (χ1) is 20.1. The Kier molecular flexibility index (Phi) is 9.01. The van der Waals surface area contributed by atoms with Crippen molar-refractivity contribution in [1.29, 1.82) is 0 Å². The Balaban J connectivity index is 1.78. The molecule has 4 rings (SSSR count). The molecule has 43 heavy (non-hydrogen) atoms. The number of amides is 1. The molecule has 1 aliphatic heterocycles. The monoisotopic (exact) mass is 628 g/mol. The maximum Gasteiger partial charge on any atom is 0.433 e. The van der Waals surface area contributed by atoms with Crippen molar-refractivity contribution in [2.24, 2.45) is 5.73 Å². The van der Waals surface area contributed by atoms with Crippen LogP contribution in [0.25, 0.3) is 22.4 Å². The second kappa shape index (κ2) is 12.1. The van der Waals surface area contributed by atoms with E-state index in [9.17, 15) is 31.2 Å². The number of nitrogens with zero attached hydrogens (tertiary/aromatic N) is 4. The lowest BCUT2D eigenvalue weighted by Gasteiger charge is -2.22. The minimum Gasteiger partial charge on any atom is -0.494 e. The first-order valence-electron chi connectivity index (χ1n) is 13.1. The normalized spacial score (nSPS) is 18.3. The van der Waals surface area contributed by atoms with E-state index < -0.39 is 52.1 Å². The maximum atomic E-state index is 13.9. The third kappa shape index (κ3) is 6.43. The number of alkyl halides is 3. The number of methoxy groups -OCH3 is 1. The fourth-order valence-electron chi connectivity index (χ4n) is 4.67. The Hall–Kier alpha value is -3.80. The fraction of sp³-hybridized carbons (Fsp3) is 0.462. The lowest BCUT2D eigenvalue weighted by atomic mass is 10.1. The Morgan fingerprint density at radius 3 is 2.51 bits per heavy atom. The molecule has 1 saturated heterocycles. The molecule has 3 heterocycles. The van der Waals surface area contributed by atoms with Crippen molar-refractivity contribution >= 4 is 33.0 Å². The number of oxazole rings is 1. The highest BCUT2D eigenvalue weighted by atomic mass is 32.2. The van der Waals surface area contributed by atoms with E-state index in [0.29, 0.717) is 0 Å². The first kappa shape index (κ1) is 32.1. The molecule has 1 aliphatic rings. The number of pyridine rings is 1. The summed E-state index contributed by atoms with van der Waals surface area (Å²) in [7, 11) is 0.0505. The zero-order chi connectivity index (χ0) is 31.9. The lowest BCUT2D eigenvalue weighted by Crippen LogP contribution is -2.44. The third-order valence-electron chi connectivity index (χ3n) is 6.75. The van der Waals surface area contributed by atoms with Crippen LogP contribution in [0, 0.1) is 0 Å². The molecule has 1 aromatic carbocycles. The summed E-state index contributed by atoms with van der Waals surface area (Å²) >= 11 is 0. The zero-order valence-corrected chi connectivity index (χ0v) is 24.7. The molecule has 13 nitrogen and oxygen atoms in total. The van der Waals surface area contributed by atoms with Gasteiger partial charge in [-0.25, -0.2) is 14.8 Å². The second-order valence-corrected chi connectivity index (χ2v) is 11.9. The summed E-state index contributed by atoms with van der Waals surface area (Å²) in [4.78, 5) is 35.9. The number of benzene rings is 1. The average molecular weight is 629 g/mol. The highest BCUT2D eigenvalue weighted by molar-refractivity contribution is 7.87. The number of ether oxygens (including phenoxy) is 2. The lowest BCUT2D eigenvalue weighted by molar-refractivity contribution is -0.147. The van der Waals surface area contributed by atoms with Gasteiger partial charge in [0.1, 0.15) is 23.0 Å². The maximum absolute atomic E-state index is 13.9. The van der Waals surface area contributed by atoms with Crippen LogP contribution in [0.3, 0.4) is 0 Å². The van der Waals surface area contributed by atoms with E-state index >= 15 is 0 Å². The smallest absolute Gasteiger partial charge is 0.433 e. The molecule has 3 N–H and O–H groups in total. The Labute approximate surface area is 245 Å². The van der Waals surface area contributed by atoms with Gasteiger partial charge in [0.25, 0.3) is 16.1 Å². The van der Waals surface area contributed by atoms with Crippen molar-refractivity contribution < 1.29 is 45.1 Å². The number of esters is 1. The molecule has 234 valence electrons. The van der Waals surface area contributed by atoms with Crippen LogP contribution in [-0.2, 0) is 25.9 Å². The molecule has 3 aromatic rings. The number of aromatic nitrogens is 2. The SMILES string of the molecule is CCOC(=O)[C@@H]1C[C@H](NS(=O)(=O)N(C)C)CN1C(=O)c1nc(-c2ccc(OC)c3nc(C(F)(F)F)ccc23)oc1[C@H](C)N. The Morgan fingerprint density at radius 1 is 1.23 bits per heavy atom. The minimum absolute atomic E-state index is 0.0271. The molecule has 0 unspecified atom stereocenters. The molecule has 1 amide bonds. The number of nitrogens with two attached hydrogens (primary N) is 1. The quantitative estimate of drug-likeness (QED) is 0.336. The van der Waals surface area contributed by atoms with Gasteiger partial charge in [-0.3, -0.25) is 4.79 Å². The van der Waals surface area contributed by atoms with Crippen LogP contribution in [-0.4, -0.2) is 85.9 Å². The number of nitrogens with one attached hydrogen (secondary N) is 1. The van der Waals surface area contributed by atoms with Crippen molar-refractivity contribution in [3.05, 3.63) is 41.4 Å². The highest BCUT2D eigenvalue weighted by Crippen LogP contribution is 2.38. The van der Waals surface area contributed by atoms with Crippen LogP contribution in [0.1, 0.15) is 48.3 Å². The van der Waals surface area contributed by atoms with Gasteiger partial charge in [-0.1, -0.05) is 0 Å². The van der Waals surface area contributed by atoms with E-state index in [0.717, 1.165) is 15.3 Å². The number of carbonyl (C=O) groups excluding carboxylic acids is 2. The summed E-state index contributed by atoms with van der Waals surface area (Å²) in [5, 5.41) is 0.201. The van der Waals surface area contributed by atoms with Crippen molar-refractivity contribution in [2.75, 3.05) is 34.4 Å². The van der Waals surface area contributed by atoms with Crippen molar-refractivity contribution in [2.45, 2.75) is 44.6 Å². The Morgan fingerprint density at radius 2 is 1.93 bits per heavy atom. The Bertz CT molecular complexity index is 1640. The predicted octanol–water partition coefficient (Wildman–Crippen LogP) is 2.48. The van der Waals surface area contributed by atoms with Gasteiger partial charge >= 0.3 is 12.1 Å². The van der Waals surface area contributed by atoms with Crippen LogP contribution in [0.15, 0.2) is 28.7 Å². The van der Waals surface area contributed by atoms with Gasteiger partial charge in [-0.15, -0.1) is 0 Å². The molecule has 0 aliphatic carbocycles. The molecule has 0 spiro atoms. The largest absolute Gasteiger partial charge is 0.494 e. The van der Waals surface area contributed by atoms with E-state index in [1.165, 1.54) is 46.3 Å². The predicted molar refractivity (Wildman–Crippen MR) is 147 cm³/mol. The molecule has 17 heteroatoms. The summed E-state index contributed by atoms with van der Waals surface area (Å²) in [6.07, 6.45) is -4.77. The molecule has 0 saturated carbocycles. The molecule has 0 bridgehead atoms. The van der Waals surface area contributed by atoms with Gasteiger partial charge in [0.2, 0.25) is 5.89 Å². The zero-order valence-electron chi connectivity index (χ0n) is 23.9. The minimum atomic E-state index is -4.70. The van der Waals surface area contributed by atoms with Gasteiger partial charge in [0, 0.05) is 37.6 Å². The standard InChI is InChI=1S/C26H31F3N6O7S/c1-6-41-25(37)17-11-14(33-43(38,39)34(3)4)12-35(17)24(36)21-22(13(2)30)42-23(32-21)16-7-9-18(40-5)20-15(16)8-10-19(31-20)26(27,28)29/h7-10,13-14,17,33H,6,11-12,30H2,1-5H3/t13-,14-,17-/m0/s1. The third-order valence-corrected chi connectivity index (χ3v) is 8.34. The van der Waals surface area contributed by atoms with Gasteiger partial charge in [-0.2, -0.15) is 30.6 Å². The van der Waals surface area contributed by atoms with Gasteiger partial charge in [0.05, 0.1) is 19.8 Å². The topological polar surface area (TPSA) is 170 Å². The number of rotatable bonds is 9. The summed E-state index contributed by atoms with van der Waals surface area (Å²) in [6, 6.07) is 2.04. The van der Waals surface area contributed by atoms with E-state index in [-0.39, 0.29) is 59.1 Å². The van der Waals surface area contributed by atoms with Crippen molar-refractivity contribution in [1.82, 2.24) is 23.9 Å². The van der Waals surface area contributed by atoms with E-state index in [1.807, 2.05) is 0 Å². The summed E-state index contributed by atoms with van der Waals surface area (Å²) in [6.45, 7) is 2.96. The molecule has 2 aromatic heterocycles. The van der Waals surface area contributed by atoms with Crippen LogP contribution in [0.5, 0.6) is 5.75 Å². The summed E-state index contributed by atoms with van der Waals surface area (Å²) in [5.74, 6) is -1.63. The van der Waals surface area contributed by atoms with Crippen LogP contribution in [0.2, 0.25) is 0 Å². The molecular formula is C26H31F3N6O7S. The first-order valence-corrected chi connectivity index (χ1v) is 14.5. The molecule has 1 fully saturated rings. The average Bonchev–Trinajstić information content (AvgIpc) is 3.56. The van der Waals surface area contributed by atoms with Crippen LogP contribution in [0.4, 0.5) is 13.2 Å². The van der Waals surface area contributed by atoms with E-state index in [4.69, 9.17) is 19.6 Å². The number of likely N-dealkylation sites (tertiary alicyclic amines) is 1. The number of carbonyl (C=O) groups is 2. The van der Waals surface area contributed by atoms with Gasteiger partial charge < -0.3 is 24.5 Å². The van der Waals surface area contributed by atoms with Crippen molar-refractivity contribution in [3.63, 3.8) is 0 Å². The van der Waals surface area contributed by atoms with Gasteiger partial charge in [-0.05, 0) is 44.5 Å². The molecular weight excluding hydrogens is 597 g/mol. The van der Waals surface area contributed by atoms with Gasteiger partial charge in [0.15, 0.2) is 11.5 Å². The number of fused-ring (bicyclic) bond motifs is 1. The van der Waals surface area contributed by atoms with E-state index in [1.54, 1.807) is 6.92 Å². The van der Waals surface area contributed by atoms with E-state index in [2.05, 4.69) is 14.7 Å². The molecule has 0 radical (unpaired) electrons. The number of halogens is 3.